The molecular formula is C26H40BN5O7. The molecule has 1 aliphatic carbocycles. The molecule has 0 aromatic rings. The number of rotatable bonds is 8. The van der Waals surface area contributed by atoms with Crippen LogP contribution in [0.1, 0.15) is 46.0 Å². The zero-order chi connectivity index (χ0) is 28.6. The van der Waals surface area contributed by atoms with Gasteiger partial charge in [0.05, 0.1) is 19.7 Å². The summed E-state index contributed by atoms with van der Waals surface area (Å²) in [5.41, 5.74) is 0.375. The minimum Gasteiger partial charge on any atom is -0.453 e. The zero-order valence-electron chi connectivity index (χ0n) is 23.1. The summed E-state index contributed by atoms with van der Waals surface area (Å²) < 4.78 is 10.4. The van der Waals surface area contributed by atoms with Crippen molar-refractivity contribution in [1.82, 2.24) is 20.0 Å². The van der Waals surface area contributed by atoms with Crippen LogP contribution in [0.2, 0.25) is 6.32 Å². The highest BCUT2D eigenvalue weighted by Crippen LogP contribution is 2.25. The van der Waals surface area contributed by atoms with Gasteiger partial charge in [-0.25, -0.2) is 9.59 Å². The Bertz CT molecular complexity index is 1000. The van der Waals surface area contributed by atoms with Gasteiger partial charge in [-0.3, -0.25) is 9.69 Å². The van der Waals surface area contributed by atoms with E-state index in [0.717, 1.165) is 24.8 Å². The summed E-state index contributed by atoms with van der Waals surface area (Å²) in [6, 6.07) is 1.52. The van der Waals surface area contributed by atoms with Crippen LogP contribution in [0.15, 0.2) is 23.3 Å². The molecule has 214 valence electrons. The van der Waals surface area contributed by atoms with Crippen molar-refractivity contribution >= 4 is 25.2 Å². The smallest absolute Gasteiger partial charge is 0.453 e. The topological polar surface area (TPSA) is 156 Å². The van der Waals surface area contributed by atoms with Crippen LogP contribution < -0.4 is 5.32 Å². The van der Waals surface area contributed by atoms with Crippen LogP contribution in [0.4, 0.5) is 9.59 Å². The third-order valence-electron chi connectivity index (χ3n) is 7.58. The molecule has 0 unspecified atom stereocenters. The molecule has 39 heavy (non-hydrogen) atoms. The van der Waals surface area contributed by atoms with E-state index in [1.165, 1.54) is 12.0 Å². The van der Waals surface area contributed by atoms with Crippen molar-refractivity contribution in [2.75, 3.05) is 46.4 Å². The van der Waals surface area contributed by atoms with Crippen LogP contribution in [-0.4, -0.2) is 114 Å². The summed E-state index contributed by atoms with van der Waals surface area (Å²) in [5, 5.41) is 31.4. The van der Waals surface area contributed by atoms with Gasteiger partial charge < -0.3 is 34.6 Å². The van der Waals surface area contributed by atoms with Crippen molar-refractivity contribution in [2.45, 2.75) is 70.0 Å². The number of amides is 3. The van der Waals surface area contributed by atoms with Crippen LogP contribution in [0, 0.1) is 11.3 Å². The average Bonchev–Trinajstić information content (AvgIpc) is 3.45. The largest absolute Gasteiger partial charge is 0.453 e. The first-order valence-electron chi connectivity index (χ1n) is 13.6. The molecule has 0 aromatic heterocycles. The molecule has 0 aromatic carbocycles. The van der Waals surface area contributed by atoms with Gasteiger partial charge in [-0.1, -0.05) is 11.6 Å². The van der Waals surface area contributed by atoms with E-state index in [1.807, 2.05) is 26.0 Å². The lowest BCUT2D eigenvalue weighted by Crippen LogP contribution is -2.55. The van der Waals surface area contributed by atoms with E-state index < -0.39 is 36.8 Å². The molecule has 13 heteroatoms. The molecule has 0 saturated carbocycles. The highest BCUT2D eigenvalue weighted by Gasteiger charge is 2.34. The molecule has 3 rings (SSSR count). The number of methoxy groups -OCH3 is 1. The quantitative estimate of drug-likeness (QED) is 0.177. The van der Waals surface area contributed by atoms with Gasteiger partial charge in [0, 0.05) is 44.6 Å². The Morgan fingerprint density at radius 1 is 1.21 bits per heavy atom. The Morgan fingerprint density at radius 2 is 1.92 bits per heavy atom. The number of carbonyl (C=O) groups is 3. The second-order valence-electron chi connectivity index (χ2n) is 10.8. The molecule has 3 amide bonds. The number of nitrogens with zero attached hydrogens (tertiary/aromatic N) is 4. The van der Waals surface area contributed by atoms with Gasteiger partial charge in [0.15, 0.2) is 0 Å². The Hall–Kier alpha value is -3.08. The molecule has 2 aliphatic heterocycles. The van der Waals surface area contributed by atoms with E-state index in [2.05, 4.69) is 10.2 Å². The number of nitrogens with one attached hydrogen (secondary N) is 1. The molecule has 0 spiro atoms. The minimum atomic E-state index is -1.56. The first-order chi connectivity index (χ1) is 18.5. The first-order valence-corrected chi connectivity index (χ1v) is 13.6. The van der Waals surface area contributed by atoms with Gasteiger partial charge >= 0.3 is 19.3 Å². The molecule has 2 atom stereocenters. The average molecular weight is 545 g/mol. The van der Waals surface area contributed by atoms with Crippen LogP contribution in [0.5, 0.6) is 0 Å². The molecule has 12 nitrogen and oxygen atoms in total. The maximum absolute atomic E-state index is 13.3. The van der Waals surface area contributed by atoms with E-state index in [1.54, 1.807) is 11.0 Å². The highest BCUT2D eigenvalue weighted by molar-refractivity contribution is 6.41. The summed E-state index contributed by atoms with van der Waals surface area (Å²) in [7, 11) is -0.209. The summed E-state index contributed by atoms with van der Waals surface area (Å²) in [6.45, 7) is 6.60. The van der Waals surface area contributed by atoms with Crippen molar-refractivity contribution in [3.8, 4) is 6.07 Å². The summed E-state index contributed by atoms with van der Waals surface area (Å²) in [5.74, 6) is -0.412. The van der Waals surface area contributed by atoms with E-state index >= 15 is 0 Å². The lowest BCUT2D eigenvalue weighted by Gasteiger charge is -2.42. The predicted molar refractivity (Wildman–Crippen MR) is 143 cm³/mol. The summed E-state index contributed by atoms with van der Waals surface area (Å²) >= 11 is 0. The van der Waals surface area contributed by atoms with Crippen molar-refractivity contribution in [3.63, 3.8) is 0 Å². The van der Waals surface area contributed by atoms with Gasteiger partial charge in [-0.2, -0.15) is 5.26 Å². The fourth-order valence-electron chi connectivity index (χ4n) is 5.42. The molecule has 3 aliphatic rings. The number of carbonyl (C=O) groups excluding carboxylic acids is 3. The van der Waals surface area contributed by atoms with Crippen LogP contribution in [-0.2, 0) is 14.3 Å². The van der Waals surface area contributed by atoms with Crippen molar-refractivity contribution < 1.29 is 33.9 Å². The summed E-state index contributed by atoms with van der Waals surface area (Å²) in [6.07, 6.45) is 5.88. The molecule has 0 bridgehead atoms. The molecule has 2 saturated heterocycles. The third kappa shape index (κ3) is 8.45. The van der Waals surface area contributed by atoms with Crippen LogP contribution >= 0.6 is 0 Å². The lowest BCUT2D eigenvalue weighted by atomic mass is 9.79. The van der Waals surface area contributed by atoms with Crippen molar-refractivity contribution in [1.29, 1.82) is 5.26 Å². The number of piperidine rings is 1. The SMILES string of the molecule is COC(=O)N1CCN(C(C)(C)C=C(C#N)C(=O)N2CCC[C@H](OC(=O)N[C@H](CB(O)O)C3=CCCC3)C2)CC1. The Morgan fingerprint density at radius 3 is 2.51 bits per heavy atom. The van der Waals surface area contributed by atoms with Gasteiger partial charge in [0.2, 0.25) is 0 Å². The number of alkyl carbamates (subject to hydrolysis) is 1. The van der Waals surface area contributed by atoms with Gasteiger partial charge in [-0.05, 0) is 52.0 Å². The number of allylic oxidation sites excluding steroid dienone is 1. The Kier molecular flexibility index (Phi) is 10.8. The highest BCUT2D eigenvalue weighted by atomic mass is 16.6. The van der Waals surface area contributed by atoms with E-state index in [9.17, 15) is 29.7 Å². The second-order valence-corrected chi connectivity index (χ2v) is 10.8. The Balaban J connectivity index is 1.58. The number of likely N-dealkylation sites (tertiary alicyclic amines) is 1. The number of hydrogen-bond donors (Lipinski definition) is 3. The van der Waals surface area contributed by atoms with Gasteiger partial charge in [-0.15, -0.1) is 0 Å². The second kappa shape index (κ2) is 13.8. The zero-order valence-corrected chi connectivity index (χ0v) is 23.1. The van der Waals surface area contributed by atoms with Crippen molar-refractivity contribution in [2.24, 2.45) is 0 Å². The normalized spacial score (nSPS) is 21.5. The fraction of sp³-hybridized carbons (Fsp3) is 0.692. The third-order valence-corrected chi connectivity index (χ3v) is 7.58. The fourth-order valence-corrected chi connectivity index (χ4v) is 5.42. The van der Waals surface area contributed by atoms with Crippen LogP contribution in [0.25, 0.3) is 0 Å². The maximum atomic E-state index is 13.3. The number of ether oxygens (including phenoxy) is 2. The number of hydrogen-bond acceptors (Lipinski definition) is 9. The first kappa shape index (κ1) is 30.5. The molecular weight excluding hydrogens is 505 g/mol. The summed E-state index contributed by atoms with van der Waals surface area (Å²) in [4.78, 5) is 43.0. The van der Waals surface area contributed by atoms with Gasteiger partial charge in [0.1, 0.15) is 17.7 Å². The Labute approximate surface area is 230 Å². The molecule has 3 N–H and O–H groups in total. The standard InChI is InChI=1S/C26H40BN5O7/c1-26(2,32-13-11-30(12-14-32)25(35)38-3)15-20(17-28)23(33)31-10-6-9-21(18-31)39-24(34)29-22(16-27(36)37)19-7-4-5-8-19/h7,15,21-22,36-37H,4-6,8-14,16,18H2,1-3H3,(H,29,34)/t21-,22+/m0/s1. The van der Waals surface area contributed by atoms with Gasteiger partial charge in [0.25, 0.3) is 5.91 Å². The molecule has 2 fully saturated rings. The monoisotopic (exact) mass is 545 g/mol. The van der Waals surface area contributed by atoms with Crippen LogP contribution in [0.3, 0.4) is 0 Å². The number of nitriles is 1. The maximum Gasteiger partial charge on any atom is 0.453 e. The van der Waals surface area contributed by atoms with Crippen molar-refractivity contribution in [3.05, 3.63) is 23.3 Å². The predicted octanol–water partition coefficient (Wildman–Crippen LogP) is 1.27. The van der Waals surface area contributed by atoms with E-state index in [4.69, 9.17) is 9.47 Å². The molecule has 2 heterocycles. The number of piperazine rings is 1. The van der Waals surface area contributed by atoms with E-state index in [-0.39, 0.29) is 24.5 Å². The minimum absolute atomic E-state index is 0.0191. The lowest BCUT2D eigenvalue weighted by molar-refractivity contribution is -0.129. The van der Waals surface area contributed by atoms with E-state index in [0.29, 0.717) is 45.6 Å². The molecule has 0 radical (unpaired) electrons.